The molecule has 3 aromatic rings. The fourth-order valence-electron chi connectivity index (χ4n) is 6.94. The molecular weight excluding hydrogens is 564 g/mol. The van der Waals surface area contributed by atoms with Gasteiger partial charge in [-0.3, -0.25) is 14.6 Å². The van der Waals surface area contributed by atoms with Crippen molar-refractivity contribution < 1.29 is 9.59 Å². The smallest absolute Gasteiger partial charge is 0.229 e. The van der Waals surface area contributed by atoms with Crippen LogP contribution in [0, 0.1) is 11.3 Å². The number of amides is 2. The van der Waals surface area contributed by atoms with Crippen molar-refractivity contribution in [2.75, 3.05) is 39.3 Å². The Morgan fingerprint density at radius 2 is 1.65 bits per heavy atom. The van der Waals surface area contributed by atoms with E-state index in [1.165, 1.54) is 11.1 Å². The molecule has 208 valence electrons. The minimum Gasteiger partial charge on any atom is -0.341 e. The van der Waals surface area contributed by atoms with E-state index < -0.39 is 0 Å². The van der Waals surface area contributed by atoms with Crippen molar-refractivity contribution in [3.63, 3.8) is 0 Å². The van der Waals surface area contributed by atoms with Crippen molar-refractivity contribution in [3.8, 4) is 0 Å². The van der Waals surface area contributed by atoms with Crippen molar-refractivity contribution >= 4 is 27.7 Å². The summed E-state index contributed by atoms with van der Waals surface area (Å²) in [5, 5.41) is 0. The molecule has 7 heteroatoms. The Morgan fingerprint density at radius 1 is 0.900 bits per heavy atom. The molecule has 0 N–H and O–H groups in total. The van der Waals surface area contributed by atoms with Crippen molar-refractivity contribution in [2.24, 2.45) is 11.3 Å². The van der Waals surface area contributed by atoms with Crippen LogP contribution >= 0.6 is 15.9 Å². The fraction of sp³-hybridized carbons (Fsp3) is 0.424. The monoisotopic (exact) mass is 600 g/mol. The minimum atomic E-state index is -0.202. The van der Waals surface area contributed by atoms with Gasteiger partial charge in [-0.05, 0) is 73.2 Å². The number of rotatable bonds is 7. The molecule has 4 heterocycles. The number of hydrogen-bond acceptors (Lipinski definition) is 4. The molecule has 0 aliphatic carbocycles. The van der Waals surface area contributed by atoms with Gasteiger partial charge in [-0.15, -0.1) is 0 Å². The number of pyridine rings is 1. The number of benzene rings is 2. The minimum absolute atomic E-state index is 0.177. The predicted molar refractivity (Wildman–Crippen MR) is 159 cm³/mol. The summed E-state index contributed by atoms with van der Waals surface area (Å²) >= 11 is 3.50. The molecule has 2 amide bonds. The lowest BCUT2D eigenvalue weighted by Crippen LogP contribution is -2.46. The maximum Gasteiger partial charge on any atom is 0.229 e. The zero-order valence-corrected chi connectivity index (χ0v) is 24.5. The summed E-state index contributed by atoms with van der Waals surface area (Å²) < 4.78 is 1.06. The predicted octanol–water partition coefficient (Wildman–Crippen LogP) is 5.14. The first kappa shape index (κ1) is 27.2. The van der Waals surface area contributed by atoms with E-state index in [4.69, 9.17) is 0 Å². The molecule has 0 saturated carbocycles. The lowest BCUT2D eigenvalue weighted by molar-refractivity contribution is -0.139. The lowest BCUT2D eigenvalue weighted by atomic mass is 9.76. The Hall–Kier alpha value is -3.03. The van der Waals surface area contributed by atoms with E-state index >= 15 is 0 Å². The van der Waals surface area contributed by atoms with Crippen LogP contribution in [0.5, 0.6) is 0 Å². The van der Waals surface area contributed by atoms with Gasteiger partial charge in [-0.1, -0.05) is 64.5 Å². The van der Waals surface area contributed by atoms with Crippen LogP contribution in [0.3, 0.4) is 0 Å². The second-order valence-corrected chi connectivity index (χ2v) is 12.7. The summed E-state index contributed by atoms with van der Waals surface area (Å²) in [7, 11) is 0. The normalized spacial score (nSPS) is 22.8. The number of likely N-dealkylation sites (tertiary alicyclic amines) is 3. The van der Waals surface area contributed by atoms with Crippen LogP contribution in [-0.4, -0.2) is 70.8 Å². The molecule has 1 spiro atoms. The van der Waals surface area contributed by atoms with Crippen LogP contribution in [0.25, 0.3) is 0 Å². The number of piperidine rings is 1. The molecule has 40 heavy (non-hydrogen) atoms. The largest absolute Gasteiger partial charge is 0.341 e. The number of nitrogens with zero attached hydrogens (tertiary/aromatic N) is 4. The molecule has 2 aromatic carbocycles. The van der Waals surface area contributed by atoms with Gasteiger partial charge in [0, 0.05) is 55.5 Å². The lowest BCUT2D eigenvalue weighted by Gasteiger charge is -2.39. The van der Waals surface area contributed by atoms with Gasteiger partial charge in [0.05, 0.1) is 11.8 Å². The number of halogens is 1. The first-order valence-corrected chi connectivity index (χ1v) is 15.3. The number of hydrogen-bond donors (Lipinski definition) is 0. The Bertz CT molecular complexity index is 1310. The molecule has 3 saturated heterocycles. The Labute approximate surface area is 245 Å². The Morgan fingerprint density at radius 3 is 2.38 bits per heavy atom. The highest BCUT2D eigenvalue weighted by Gasteiger charge is 2.48. The third-order valence-corrected chi connectivity index (χ3v) is 9.82. The molecule has 2 atom stereocenters. The van der Waals surface area contributed by atoms with Gasteiger partial charge in [0.2, 0.25) is 11.8 Å². The summed E-state index contributed by atoms with van der Waals surface area (Å²) in [5.41, 5.74) is 3.25. The molecule has 0 radical (unpaired) electrons. The highest BCUT2D eigenvalue weighted by molar-refractivity contribution is 9.10. The Balaban J connectivity index is 1.08. The average molecular weight is 602 g/mol. The van der Waals surface area contributed by atoms with Gasteiger partial charge >= 0.3 is 0 Å². The first-order chi connectivity index (χ1) is 19.5. The maximum absolute atomic E-state index is 13.6. The van der Waals surface area contributed by atoms with Crippen molar-refractivity contribution in [2.45, 2.75) is 38.1 Å². The van der Waals surface area contributed by atoms with Gasteiger partial charge < -0.3 is 14.7 Å². The van der Waals surface area contributed by atoms with Gasteiger partial charge in [-0.25, -0.2) is 0 Å². The summed E-state index contributed by atoms with van der Waals surface area (Å²) in [6, 6.07) is 22.8. The summed E-state index contributed by atoms with van der Waals surface area (Å²) in [6.07, 6.45) is 6.74. The molecule has 6 nitrogen and oxygen atoms in total. The summed E-state index contributed by atoms with van der Waals surface area (Å²) in [5.74, 6) is 1.22. The van der Waals surface area contributed by atoms with Gasteiger partial charge in [0.1, 0.15) is 0 Å². The third kappa shape index (κ3) is 5.86. The van der Waals surface area contributed by atoms with Crippen LogP contribution < -0.4 is 0 Å². The average Bonchev–Trinajstić information content (AvgIpc) is 3.54. The number of carbonyl (C=O) groups excluding carboxylic acids is 2. The van der Waals surface area contributed by atoms with E-state index in [-0.39, 0.29) is 11.3 Å². The van der Waals surface area contributed by atoms with E-state index in [9.17, 15) is 9.59 Å². The van der Waals surface area contributed by atoms with Gasteiger partial charge in [0.15, 0.2) is 0 Å². The van der Waals surface area contributed by atoms with E-state index in [1.54, 1.807) is 12.4 Å². The highest BCUT2D eigenvalue weighted by Crippen LogP contribution is 2.43. The fourth-order valence-corrected chi connectivity index (χ4v) is 7.20. The highest BCUT2D eigenvalue weighted by atomic mass is 79.9. The molecule has 3 aliphatic heterocycles. The van der Waals surface area contributed by atoms with Crippen molar-refractivity contribution in [1.82, 2.24) is 19.7 Å². The maximum atomic E-state index is 13.6. The van der Waals surface area contributed by atoms with E-state index in [0.717, 1.165) is 68.6 Å². The molecule has 3 fully saturated rings. The topological polar surface area (TPSA) is 56.8 Å². The van der Waals surface area contributed by atoms with Crippen LogP contribution in [0.2, 0.25) is 0 Å². The molecule has 1 aromatic heterocycles. The quantitative estimate of drug-likeness (QED) is 0.377. The SMILES string of the molecule is O=C(Cc1cccnc1)N1CC(CN2CCC3(CC2)CCN(Cc2ccc(Br)cc2)C3=O)C(c2ccccc2)C1. The molecule has 6 rings (SSSR count). The Kier molecular flexibility index (Phi) is 8.03. The third-order valence-electron chi connectivity index (χ3n) is 9.29. The van der Waals surface area contributed by atoms with Crippen LogP contribution in [0.1, 0.15) is 41.9 Å². The van der Waals surface area contributed by atoms with Crippen molar-refractivity contribution in [3.05, 3.63) is 100 Å². The second-order valence-electron chi connectivity index (χ2n) is 11.8. The number of aromatic nitrogens is 1. The van der Waals surface area contributed by atoms with E-state index in [1.807, 2.05) is 24.3 Å². The van der Waals surface area contributed by atoms with Gasteiger partial charge in [-0.2, -0.15) is 0 Å². The second kappa shape index (κ2) is 11.8. The van der Waals surface area contributed by atoms with Crippen LogP contribution in [-0.2, 0) is 22.6 Å². The first-order valence-electron chi connectivity index (χ1n) is 14.5. The zero-order valence-electron chi connectivity index (χ0n) is 22.9. The van der Waals surface area contributed by atoms with Crippen molar-refractivity contribution in [1.29, 1.82) is 0 Å². The van der Waals surface area contributed by atoms with Crippen LogP contribution in [0.4, 0.5) is 0 Å². The summed E-state index contributed by atoms with van der Waals surface area (Å²) in [4.78, 5) is 37.7. The molecular formula is C33H37BrN4O2. The van der Waals surface area contributed by atoms with Crippen LogP contribution in [0.15, 0.2) is 83.6 Å². The summed E-state index contributed by atoms with van der Waals surface area (Å²) in [6.45, 7) is 5.93. The van der Waals surface area contributed by atoms with Gasteiger partial charge in [0.25, 0.3) is 0 Å². The number of carbonyl (C=O) groups is 2. The standard InChI is InChI=1S/C33H37BrN4O2/c34-29-10-8-25(9-11-29)21-37-18-14-33(32(37)40)12-16-36(17-13-33)22-28-23-38(24-30(28)27-6-2-1-3-7-27)31(39)19-26-5-4-15-35-20-26/h1-11,15,20,28,30H,12-14,16-19,21-24H2. The van der Waals surface area contributed by atoms with E-state index in [2.05, 4.69) is 78.1 Å². The molecule has 2 unspecified atom stereocenters. The zero-order chi connectivity index (χ0) is 27.5. The molecule has 0 bridgehead atoms. The van der Waals surface area contributed by atoms with E-state index in [0.29, 0.717) is 30.7 Å². The molecule has 3 aliphatic rings.